The minimum atomic E-state index is 0.636. The molecule has 2 aliphatic heterocycles. The molecule has 1 N–H and O–H groups in total. The molecule has 0 amide bonds. The Bertz CT molecular complexity index is 1030. The number of rotatable bonds is 5. The molecule has 0 aromatic carbocycles. The third-order valence-electron chi connectivity index (χ3n) is 5.46. The number of nitrogens with one attached hydrogen (secondary N) is 1. The first kappa shape index (κ1) is 20.4. The van der Waals surface area contributed by atoms with Crippen molar-refractivity contribution in [3.8, 4) is 11.4 Å². The van der Waals surface area contributed by atoms with Crippen LogP contribution >= 0.6 is 11.3 Å². The minimum absolute atomic E-state index is 0.636. The van der Waals surface area contributed by atoms with E-state index in [2.05, 4.69) is 25.1 Å². The van der Waals surface area contributed by atoms with Crippen LogP contribution in [0.25, 0.3) is 21.7 Å². The van der Waals surface area contributed by atoms with Gasteiger partial charge in [0, 0.05) is 65.8 Å². The molecule has 0 saturated carbocycles. The molecule has 2 saturated heterocycles. The van der Waals surface area contributed by atoms with E-state index in [1.165, 1.54) is 0 Å². The van der Waals surface area contributed by atoms with Gasteiger partial charge in [0.25, 0.3) is 0 Å². The van der Waals surface area contributed by atoms with Crippen molar-refractivity contribution >= 4 is 33.5 Å². The minimum Gasteiger partial charge on any atom is -0.378 e. The molecular formula is C20H27N9OS. The van der Waals surface area contributed by atoms with Gasteiger partial charge in [0.05, 0.1) is 25.3 Å². The van der Waals surface area contributed by atoms with Crippen LogP contribution in [0.1, 0.15) is 5.01 Å². The van der Waals surface area contributed by atoms with Gasteiger partial charge in [-0.1, -0.05) is 11.3 Å². The van der Waals surface area contributed by atoms with E-state index in [9.17, 15) is 0 Å². The molecule has 0 atom stereocenters. The highest BCUT2D eigenvalue weighted by Gasteiger charge is 2.22. The number of hydrogen-bond acceptors (Lipinski definition) is 11. The monoisotopic (exact) mass is 441 g/mol. The molecule has 0 bridgehead atoms. The fraction of sp³-hybridized carbons (Fsp3) is 0.550. The summed E-state index contributed by atoms with van der Waals surface area (Å²) in [5.41, 5.74) is 1.69. The molecule has 3 aromatic heterocycles. The molecule has 5 rings (SSSR count). The van der Waals surface area contributed by atoms with Crippen molar-refractivity contribution in [3.63, 3.8) is 0 Å². The maximum absolute atomic E-state index is 5.55. The lowest BCUT2D eigenvalue weighted by Gasteiger charge is -2.28. The van der Waals surface area contributed by atoms with Crippen molar-refractivity contribution < 1.29 is 4.74 Å². The number of morpholine rings is 1. The zero-order valence-corrected chi connectivity index (χ0v) is 18.7. The van der Waals surface area contributed by atoms with Crippen LogP contribution in [0.2, 0.25) is 0 Å². The van der Waals surface area contributed by atoms with Crippen LogP contribution < -0.4 is 15.1 Å². The molecule has 10 nitrogen and oxygen atoms in total. The topological polar surface area (TPSA) is 95.4 Å². The van der Waals surface area contributed by atoms with E-state index < -0.39 is 0 Å². The maximum atomic E-state index is 5.55. The van der Waals surface area contributed by atoms with Gasteiger partial charge in [0.15, 0.2) is 11.6 Å². The Hall–Kier alpha value is -2.47. The number of fused-ring (bicyclic) bond motifs is 1. The van der Waals surface area contributed by atoms with Crippen LogP contribution in [0.4, 0.5) is 11.8 Å². The standard InChI is InChI=1S/C20H27N9OS/c1-27(2)20-22-11-14(12-23-20)17-25-18(29-7-9-30-10-8-29)16-19(26-17)31-15(24-16)13-28-5-3-21-4-6-28/h11-12,21H,3-10,13H2,1-2H3. The normalized spacial score (nSPS) is 17.9. The Balaban J connectivity index is 1.53. The summed E-state index contributed by atoms with van der Waals surface area (Å²) in [5, 5.41) is 4.48. The second kappa shape index (κ2) is 8.95. The fourth-order valence-corrected chi connectivity index (χ4v) is 4.74. The third kappa shape index (κ3) is 4.45. The molecule has 0 spiro atoms. The van der Waals surface area contributed by atoms with Crippen LogP contribution in [0.3, 0.4) is 0 Å². The van der Waals surface area contributed by atoms with Crippen molar-refractivity contribution in [2.24, 2.45) is 0 Å². The zero-order valence-electron chi connectivity index (χ0n) is 17.9. The van der Waals surface area contributed by atoms with Crippen molar-refractivity contribution in [1.29, 1.82) is 0 Å². The van der Waals surface area contributed by atoms with Gasteiger partial charge >= 0.3 is 0 Å². The first-order valence-electron chi connectivity index (χ1n) is 10.6. The molecule has 3 aromatic rings. The van der Waals surface area contributed by atoms with Gasteiger partial charge in [-0.3, -0.25) is 4.90 Å². The van der Waals surface area contributed by atoms with E-state index in [0.717, 1.165) is 72.5 Å². The van der Waals surface area contributed by atoms with Crippen LogP contribution in [-0.2, 0) is 11.3 Å². The quantitative estimate of drug-likeness (QED) is 0.614. The number of ether oxygens (including phenoxy) is 1. The Morgan fingerprint density at radius 2 is 1.77 bits per heavy atom. The van der Waals surface area contributed by atoms with Gasteiger partial charge in [0.1, 0.15) is 15.4 Å². The highest BCUT2D eigenvalue weighted by atomic mass is 32.1. The molecule has 0 aliphatic carbocycles. The van der Waals surface area contributed by atoms with Gasteiger partial charge in [0.2, 0.25) is 5.95 Å². The summed E-state index contributed by atoms with van der Waals surface area (Å²) in [6.07, 6.45) is 3.57. The molecule has 164 valence electrons. The number of anilines is 2. The predicted octanol–water partition coefficient (Wildman–Crippen LogP) is 0.851. The third-order valence-corrected chi connectivity index (χ3v) is 6.39. The Labute approximate surface area is 185 Å². The number of hydrogen-bond donors (Lipinski definition) is 1. The Morgan fingerprint density at radius 3 is 2.48 bits per heavy atom. The number of aromatic nitrogens is 5. The predicted molar refractivity (Wildman–Crippen MR) is 122 cm³/mol. The van der Waals surface area contributed by atoms with Gasteiger partial charge in [-0.15, -0.1) is 0 Å². The summed E-state index contributed by atoms with van der Waals surface area (Å²) in [6.45, 7) is 7.96. The van der Waals surface area contributed by atoms with Crippen LogP contribution in [0, 0.1) is 0 Å². The first-order valence-corrected chi connectivity index (χ1v) is 11.4. The number of nitrogens with zero attached hydrogens (tertiary/aromatic N) is 8. The van der Waals surface area contributed by atoms with Gasteiger partial charge < -0.3 is 19.9 Å². The van der Waals surface area contributed by atoms with E-state index in [4.69, 9.17) is 19.7 Å². The lowest BCUT2D eigenvalue weighted by Crippen LogP contribution is -2.42. The molecule has 2 fully saturated rings. The lowest BCUT2D eigenvalue weighted by atomic mass is 10.3. The summed E-state index contributed by atoms with van der Waals surface area (Å²) in [4.78, 5) is 31.1. The first-order chi connectivity index (χ1) is 15.2. The molecular weight excluding hydrogens is 414 g/mol. The summed E-state index contributed by atoms with van der Waals surface area (Å²) in [5.74, 6) is 2.17. The average Bonchev–Trinajstić information content (AvgIpc) is 3.22. The summed E-state index contributed by atoms with van der Waals surface area (Å²) in [6, 6.07) is 0. The average molecular weight is 442 g/mol. The van der Waals surface area contributed by atoms with E-state index in [0.29, 0.717) is 25.0 Å². The summed E-state index contributed by atoms with van der Waals surface area (Å²) >= 11 is 1.65. The van der Waals surface area contributed by atoms with Crippen LogP contribution in [0.15, 0.2) is 12.4 Å². The number of piperazine rings is 1. The van der Waals surface area contributed by atoms with Crippen molar-refractivity contribution in [2.45, 2.75) is 6.54 Å². The smallest absolute Gasteiger partial charge is 0.224 e. The molecule has 31 heavy (non-hydrogen) atoms. The highest BCUT2D eigenvalue weighted by molar-refractivity contribution is 7.18. The maximum Gasteiger partial charge on any atom is 0.224 e. The summed E-state index contributed by atoms with van der Waals surface area (Å²) in [7, 11) is 3.84. The molecule has 11 heteroatoms. The van der Waals surface area contributed by atoms with Crippen molar-refractivity contribution in [1.82, 2.24) is 35.1 Å². The van der Waals surface area contributed by atoms with Gasteiger partial charge in [-0.2, -0.15) is 0 Å². The Kier molecular flexibility index (Phi) is 5.90. The zero-order chi connectivity index (χ0) is 21.2. The highest BCUT2D eigenvalue weighted by Crippen LogP contribution is 2.31. The lowest BCUT2D eigenvalue weighted by molar-refractivity contribution is 0.122. The fourth-order valence-electron chi connectivity index (χ4n) is 3.77. The van der Waals surface area contributed by atoms with Crippen molar-refractivity contribution in [3.05, 3.63) is 17.4 Å². The van der Waals surface area contributed by atoms with Crippen molar-refractivity contribution in [2.75, 3.05) is 76.4 Å². The van der Waals surface area contributed by atoms with Gasteiger partial charge in [-0.25, -0.2) is 24.9 Å². The molecule has 5 heterocycles. The van der Waals surface area contributed by atoms with Gasteiger partial charge in [-0.05, 0) is 0 Å². The SMILES string of the molecule is CN(C)c1ncc(-c2nc(N3CCOCC3)c3nc(CN4CCNCC4)sc3n2)cn1. The van der Waals surface area contributed by atoms with Crippen LogP contribution in [-0.4, -0.2) is 96.4 Å². The van der Waals surface area contributed by atoms with E-state index in [1.807, 2.05) is 19.0 Å². The Morgan fingerprint density at radius 1 is 1.03 bits per heavy atom. The van der Waals surface area contributed by atoms with Crippen LogP contribution in [0.5, 0.6) is 0 Å². The summed E-state index contributed by atoms with van der Waals surface area (Å²) < 4.78 is 5.55. The second-order valence-electron chi connectivity index (χ2n) is 7.92. The largest absolute Gasteiger partial charge is 0.378 e. The second-order valence-corrected chi connectivity index (χ2v) is 8.99. The van der Waals surface area contributed by atoms with E-state index in [1.54, 1.807) is 23.7 Å². The molecule has 0 radical (unpaired) electrons. The van der Waals surface area contributed by atoms with E-state index in [-0.39, 0.29) is 0 Å². The molecule has 2 aliphatic rings. The van der Waals surface area contributed by atoms with E-state index >= 15 is 0 Å². The molecule has 0 unspecified atom stereocenters. The number of thiazole rings is 1.